The largest absolute Gasteiger partial charge is 0.462 e. The maximum absolute atomic E-state index is 12.6. The maximum Gasteiger partial charge on any atom is 0.342 e. The Kier molecular flexibility index (Phi) is 4.17. The van der Waals surface area contributed by atoms with Crippen LogP contribution in [0.4, 0.5) is 0 Å². The monoisotopic (exact) mass is 341 g/mol. The summed E-state index contributed by atoms with van der Waals surface area (Å²) in [7, 11) is 0. The quantitative estimate of drug-likeness (QED) is 0.595. The first kappa shape index (κ1) is 15.8. The number of pyridine rings is 1. The minimum absolute atomic E-state index is 0.000319. The van der Waals surface area contributed by atoms with Crippen molar-refractivity contribution in [3.8, 4) is 0 Å². The van der Waals surface area contributed by atoms with Crippen LogP contribution in [0, 0.1) is 5.41 Å². The van der Waals surface area contributed by atoms with Crippen LogP contribution in [0.5, 0.6) is 0 Å². The first-order valence-electron chi connectivity index (χ1n) is 7.55. The molecule has 0 bridgehead atoms. The van der Waals surface area contributed by atoms with Crippen LogP contribution in [0.15, 0.2) is 0 Å². The number of nitrogens with zero attached hydrogens (tertiary/aromatic N) is 1. The fourth-order valence-corrected chi connectivity index (χ4v) is 4.39. The molecule has 1 heterocycles. The molecule has 118 valence electrons. The van der Waals surface area contributed by atoms with Gasteiger partial charge < -0.3 is 4.74 Å². The molecule has 0 unspecified atom stereocenters. The number of esters is 1. The van der Waals surface area contributed by atoms with E-state index in [1.54, 1.807) is 6.92 Å². The van der Waals surface area contributed by atoms with Crippen LogP contribution in [-0.4, -0.2) is 23.3 Å². The zero-order valence-corrected chi connectivity index (χ0v) is 13.9. The van der Waals surface area contributed by atoms with Crippen LogP contribution in [-0.2, 0) is 11.2 Å². The van der Waals surface area contributed by atoms with Gasteiger partial charge in [-0.2, -0.15) is 0 Å². The van der Waals surface area contributed by atoms with E-state index in [1.165, 1.54) is 0 Å². The average Bonchev–Trinajstić information content (AvgIpc) is 2.85. The Balaban J connectivity index is 2.07. The summed E-state index contributed by atoms with van der Waals surface area (Å²) in [5.41, 5.74) is 0.988. The van der Waals surface area contributed by atoms with Crippen LogP contribution in [0.3, 0.4) is 0 Å². The number of ether oxygens (including phenoxy) is 1. The fraction of sp³-hybridized carbons (Fsp3) is 0.562. The molecule has 6 heteroatoms. The molecular weight excluding hydrogens is 325 g/mol. The number of rotatable bonds is 2. The second-order valence-electron chi connectivity index (χ2n) is 6.12. The van der Waals surface area contributed by atoms with Crippen molar-refractivity contribution in [2.75, 3.05) is 6.61 Å². The standard InChI is InChI=1S/C16H17Cl2NO3/c1-2-22-15(21)12-13(17)11-9(19-14(12)18)7-16(8-10(11)20)5-3-4-6-16/h2-8H2,1H3. The fourth-order valence-electron chi connectivity index (χ4n) is 3.69. The Morgan fingerprint density at radius 3 is 2.59 bits per heavy atom. The van der Waals surface area contributed by atoms with Crippen LogP contribution in [0.25, 0.3) is 0 Å². The molecule has 0 aromatic carbocycles. The maximum atomic E-state index is 12.6. The number of hydrogen-bond acceptors (Lipinski definition) is 4. The van der Waals surface area contributed by atoms with E-state index in [4.69, 9.17) is 27.9 Å². The highest BCUT2D eigenvalue weighted by Gasteiger charge is 2.43. The summed E-state index contributed by atoms with van der Waals surface area (Å²) in [5, 5.41) is 0.108. The van der Waals surface area contributed by atoms with Gasteiger partial charge in [-0.25, -0.2) is 9.78 Å². The lowest BCUT2D eigenvalue weighted by Gasteiger charge is -2.33. The van der Waals surface area contributed by atoms with Gasteiger partial charge in [0.2, 0.25) is 0 Å². The Bertz CT molecular complexity index is 651. The summed E-state index contributed by atoms with van der Waals surface area (Å²) < 4.78 is 4.95. The molecule has 22 heavy (non-hydrogen) atoms. The first-order chi connectivity index (χ1) is 10.5. The Labute approximate surface area is 139 Å². The van der Waals surface area contributed by atoms with Gasteiger partial charge in [-0.3, -0.25) is 4.79 Å². The average molecular weight is 342 g/mol. The zero-order valence-electron chi connectivity index (χ0n) is 12.4. The van der Waals surface area contributed by atoms with E-state index in [-0.39, 0.29) is 33.5 Å². The number of aromatic nitrogens is 1. The van der Waals surface area contributed by atoms with Crippen molar-refractivity contribution in [2.24, 2.45) is 5.41 Å². The number of carbonyl (C=O) groups excluding carboxylic acids is 2. The van der Waals surface area contributed by atoms with E-state index in [0.717, 1.165) is 25.7 Å². The molecule has 0 atom stereocenters. The van der Waals surface area contributed by atoms with Gasteiger partial charge in [-0.15, -0.1) is 0 Å². The van der Waals surface area contributed by atoms with E-state index in [1.807, 2.05) is 0 Å². The first-order valence-corrected chi connectivity index (χ1v) is 8.31. The molecule has 0 radical (unpaired) electrons. The van der Waals surface area contributed by atoms with Crippen molar-refractivity contribution in [1.29, 1.82) is 0 Å². The minimum atomic E-state index is -0.637. The van der Waals surface area contributed by atoms with Crippen molar-refractivity contribution in [3.05, 3.63) is 27.0 Å². The van der Waals surface area contributed by atoms with Gasteiger partial charge in [0.05, 0.1) is 22.9 Å². The topological polar surface area (TPSA) is 56.3 Å². The molecule has 1 aromatic heterocycles. The lowest BCUT2D eigenvalue weighted by Crippen LogP contribution is -2.31. The highest BCUT2D eigenvalue weighted by Crippen LogP contribution is 2.49. The van der Waals surface area contributed by atoms with Crippen LogP contribution in [0.1, 0.15) is 65.4 Å². The predicted molar refractivity (Wildman–Crippen MR) is 83.8 cm³/mol. The van der Waals surface area contributed by atoms with Gasteiger partial charge in [0.25, 0.3) is 0 Å². The van der Waals surface area contributed by atoms with Crippen molar-refractivity contribution in [1.82, 2.24) is 4.98 Å². The summed E-state index contributed by atoms with van der Waals surface area (Å²) in [5.74, 6) is -0.676. The summed E-state index contributed by atoms with van der Waals surface area (Å²) in [4.78, 5) is 28.9. The van der Waals surface area contributed by atoms with Gasteiger partial charge in [0.15, 0.2) is 5.78 Å². The highest BCUT2D eigenvalue weighted by atomic mass is 35.5. The van der Waals surface area contributed by atoms with Gasteiger partial charge in [-0.05, 0) is 31.6 Å². The minimum Gasteiger partial charge on any atom is -0.462 e. The summed E-state index contributed by atoms with van der Waals surface area (Å²) >= 11 is 12.4. The summed E-state index contributed by atoms with van der Waals surface area (Å²) in [6.45, 7) is 1.90. The van der Waals surface area contributed by atoms with E-state index < -0.39 is 5.97 Å². The second-order valence-corrected chi connectivity index (χ2v) is 6.85. The van der Waals surface area contributed by atoms with Crippen molar-refractivity contribution in [2.45, 2.75) is 45.4 Å². The molecular formula is C16H17Cl2NO3. The third-order valence-electron chi connectivity index (χ3n) is 4.67. The SMILES string of the molecule is CCOC(=O)c1c(Cl)nc2c(c1Cl)C(=O)CC1(CCCC1)C2. The van der Waals surface area contributed by atoms with Crippen LogP contribution >= 0.6 is 23.2 Å². The third-order valence-corrected chi connectivity index (χ3v) is 5.32. The number of halogens is 2. The number of carbonyl (C=O) groups is 2. The van der Waals surface area contributed by atoms with Gasteiger partial charge in [-0.1, -0.05) is 36.0 Å². The third kappa shape index (κ3) is 2.52. The number of Topliss-reactive ketones (excluding diaryl/α,β-unsaturated/α-hetero) is 1. The lowest BCUT2D eigenvalue weighted by molar-refractivity contribution is 0.0526. The molecule has 0 saturated heterocycles. The Morgan fingerprint density at radius 2 is 1.95 bits per heavy atom. The molecule has 0 N–H and O–H groups in total. The Hall–Kier alpha value is -1.13. The summed E-state index contributed by atoms with van der Waals surface area (Å²) in [6.07, 6.45) is 5.54. The number of hydrogen-bond donors (Lipinski definition) is 0. The Morgan fingerprint density at radius 1 is 1.27 bits per heavy atom. The molecule has 2 aliphatic carbocycles. The molecule has 1 fully saturated rings. The number of ketones is 1. The molecule has 2 aliphatic rings. The van der Waals surface area contributed by atoms with Crippen molar-refractivity contribution >= 4 is 35.0 Å². The zero-order chi connectivity index (χ0) is 15.9. The van der Waals surface area contributed by atoms with Crippen molar-refractivity contribution in [3.63, 3.8) is 0 Å². The van der Waals surface area contributed by atoms with Crippen LogP contribution in [0.2, 0.25) is 10.2 Å². The van der Waals surface area contributed by atoms with E-state index in [2.05, 4.69) is 4.98 Å². The van der Waals surface area contributed by atoms with E-state index in [9.17, 15) is 9.59 Å². The molecule has 4 nitrogen and oxygen atoms in total. The molecule has 0 amide bonds. The molecule has 1 spiro atoms. The van der Waals surface area contributed by atoms with E-state index >= 15 is 0 Å². The van der Waals surface area contributed by atoms with Crippen LogP contribution < -0.4 is 0 Å². The van der Waals surface area contributed by atoms with Gasteiger partial charge >= 0.3 is 5.97 Å². The lowest BCUT2D eigenvalue weighted by atomic mass is 9.71. The predicted octanol–water partition coefficient (Wildman–Crippen LogP) is 4.25. The number of fused-ring (bicyclic) bond motifs is 1. The normalized spacial score (nSPS) is 19.3. The second kappa shape index (κ2) is 5.82. The molecule has 1 aromatic rings. The van der Waals surface area contributed by atoms with Gasteiger partial charge in [0, 0.05) is 6.42 Å². The molecule has 0 aliphatic heterocycles. The van der Waals surface area contributed by atoms with Gasteiger partial charge in [0.1, 0.15) is 10.7 Å². The van der Waals surface area contributed by atoms with Crippen molar-refractivity contribution < 1.29 is 14.3 Å². The summed E-state index contributed by atoms with van der Waals surface area (Å²) in [6, 6.07) is 0. The van der Waals surface area contributed by atoms with E-state index in [0.29, 0.717) is 24.1 Å². The smallest absolute Gasteiger partial charge is 0.342 e. The highest BCUT2D eigenvalue weighted by molar-refractivity contribution is 6.41. The molecule has 1 saturated carbocycles. The molecule has 3 rings (SSSR count).